The first-order valence-corrected chi connectivity index (χ1v) is 7.99. The summed E-state index contributed by atoms with van der Waals surface area (Å²) in [4.78, 5) is 12.2. The van der Waals surface area contributed by atoms with Crippen LogP contribution < -0.4 is 10.1 Å². The number of rotatable bonds is 5. The molecule has 8 heteroatoms. The van der Waals surface area contributed by atoms with Crippen molar-refractivity contribution in [2.75, 3.05) is 5.32 Å². The second kappa shape index (κ2) is 7.46. The Morgan fingerprint density at radius 1 is 1.16 bits per heavy atom. The molecule has 0 radical (unpaired) electrons. The number of benzene rings is 2. The fourth-order valence-corrected chi connectivity index (χ4v) is 2.59. The Bertz CT molecular complexity index is 891. The molecular formula is C17H13Cl2N3O3. The van der Waals surface area contributed by atoms with Crippen LogP contribution in [0.25, 0.3) is 0 Å². The molecule has 0 saturated heterocycles. The molecule has 0 unspecified atom stereocenters. The number of aromatic hydroxyl groups is 1. The third-order valence-electron chi connectivity index (χ3n) is 3.24. The number of hydrogen-bond donors (Lipinski definition) is 2. The zero-order valence-electron chi connectivity index (χ0n) is 12.8. The average Bonchev–Trinajstić information content (AvgIpc) is 3.03. The highest BCUT2D eigenvalue weighted by atomic mass is 35.5. The predicted octanol–water partition coefficient (Wildman–Crippen LogP) is 4.18. The summed E-state index contributed by atoms with van der Waals surface area (Å²) >= 11 is 12.1. The molecule has 1 aromatic heterocycles. The predicted molar refractivity (Wildman–Crippen MR) is 95.4 cm³/mol. The second-order valence-corrected chi connectivity index (χ2v) is 5.88. The van der Waals surface area contributed by atoms with Gasteiger partial charge in [-0.15, -0.1) is 0 Å². The monoisotopic (exact) mass is 377 g/mol. The molecule has 0 saturated carbocycles. The molecule has 1 heterocycles. The molecule has 0 aliphatic carbocycles. The van der Waals surface area contributed by atoms with Crippen LogP contribution >= 0.6 is 23.2 Å². The summed E-state index contributed by atoms with van der Waals surface area (Å²) in [5.41, 5.74) is 0.677. The first-order chi connectivity index (χ1) is 12.0. The summed E-state index contributed by atoms with van der Waals surface area (Å²) in [6, 6.07) is 12.9. The van der Waals surface area contributed by atoms with Crippen LogP contribution in [0, 0.1) is 0 Å². The average molecular weight is 378 g/mol. The molecule has 3 rings (SSSR count). The summed E-state index contributed by atoms with van der Waals surface area (Å²) in [6.45, 7) is 0.0445. The summed E-state index contributed by atoms with van der Waals surface area (Å²) < 4.78 is 6.99. The highest BCUT2D eigenvalue weighted by Gasteiger charge is 2.11. The van der Waals surface area contributed by atoms with Gasteiger partial charge in [0.1, 0.15) is 5.75 Å². The van der Waals surface area contributed by atoms with E-state index in [1.807, 2.05) is 0 Å². The quantitative estimate of drug-likeness (QED) is 0.698. The number of phenols is 1. The minimum Gasteiger partial charge on any atom is -0.508 e. The van der Waals surface area contributed by atoms with Crippen LogP contribution in [0.1, 0.15) is 10.5 Å². The molecule has 0 atom stereocenters. The Morgan fingerprint density at radius 3 is 2.60 bits per heavy atom. The molecule has 128 valence electrons. The summed E-state index contributed by atoms with van der Waals surface area (Å²) in [5.74, 6) is 0.0144. The molecule has 0 spiro atoms. The number of nitrogens with zero attached hydrogens (tertiary/aromatic N) is 2. The number of para-hydroxylation sites is 1. The fourth-order valence-electron chi connectivity index (χ4n) is 2.08. The van der Waals surface area contributed by atoms with Gasteiger partial charge in [0.2, 0.25) is 0 Å². The van der Waals surface area contributed by atoms with Crippen molar-refractivity contribution in [2.45, 2.75) is 6.73 Å². The Morgan fingerprint density at radius 2 is 1.88 bits per heavy atom. The van der Waals surface area contributed by atoms with Crippen LogP contribution in [-0.4, -0.2) is 20.8 Å². The van der Waals surface area contributed by atoms with Gasteiger partial charge < -0.3 is 15.2 Å². The van der Waals surface area contributed by atoms with Crippen molar-refractivity contribution in [3.8, 4) is 11.5 Å². The van der Waals surface area contributed by atoms with E-state index in [4.69, 9.17) is 27.9 Å². The summed E-state index contributed by atoms with van der Waals surface area (Å²) in [6.07, 6.45) is 1.60. The minimum atomic E-state index is -0.403. The molecule has 2 aromatic carbocycles. The number of nitrogens with one attached hydrogen (secondary N) is 1. The number of hydrogen-bond acceptors (Lipinski definition) is 4. The number of anilines is 1. The Kier molecular flexibility index (Phi) is 5.11. The van der Waals surface area contributed by atoms with E-state index >= 15 is 0 Å². The van der Waals surface area contributed by atoms with Crippen LogP contribution in [0.2, 0.25) is 10.0 Å². The minimum absolute atomic E-state index is 0.0445. The van der Waals surface area contributed by atoms with Gasteiger partial charge in [0.15, 0.2) is 18.2 Å². The third-order valence-corrected chi connectivity index (χ3v) is 3.83. The first-order valence-electron chi connectivity index (χ1n) is 7.23. The molecule has 0 aliphatic rings. The van der Waals surface area contributed by atoms with Gasteiger partial charge >= 0.3 is 0 Å². The molecule has 25 heavy (non-hydrogen) atoms. The molecule has 1 amide bonds. The lowest BCUT2D eigenvalue weighted by Crippen LogP contribution is -2.14. The SMILES string of the molecule is O=C(Nc1cccc(O)c1)c1ccn(COc2c(Cl)cccc2Cl)n1. The number of halogens is 2. The van der Waals surface area contributed by atoms with Crippen LogP contribution in [-0.2, 0) is 6.73 Å². The first kappa shape index (κ1) is 17.1. The normalized spacial score (nSPS) is 10.5. The zero-order valence-corrected chi connectivity index (χ0v) is 14.3. The van der Waals surface area contributed by atoms with E-state index in [2.05, 4.69) is 10.4 Å². The maximum atomic E-state index is 12.2. The van der Waals surface area contributed by atoms with Crippen molar-refractivity contribution in [3.05, 3.63) is 70.5 Å². The fraction of sp³-hybridized carbons (Fsp3) is 0.0588. The van der Waals surface area contributed by atoms with Crippen molar-refractivity contribution >= 4 is 34.8 Å². The van der Waals surface area contributed by atoms with Gasteiger partial charge in [0.25, 0.3) is 5.91 Å². The van der Waals surface area contributed by atoms with E-state index in [1.54, 1.807) is 42.6 Å². The Labute approximate surface area is 153 Å². The molecule has 6 nitrogen and oxygen atoms in total. The lowest BCUT2D eigenvalue weighted by atomic mass is 10.3. The number of ether oxygens (including phenoxy) is 1. The van der Waals surface area contributed by atoms with Crippen LogP contribution in [0.4, 0.5) is 5.69 Å². The topological polar surface area (TPSA) is 76.4 Å². The Hall–Kier alpha value is -2.70. The van der Waals surface area contributed by atoms with E-state index in [0.29, 0.717) is 21.5 Å². The van der Waals surface area contributed by atoms with Crippen LogP contribution in [0.5, 0.6) is 11.5 Å². The number of phenolic OH excluding ortho intramolecular Hbond substituents is 1. The van der Waals surface area contributed by atoms with Gasteiger partial charge in [0.05, 0.1) is 10.0 Å². The van der Waals surface area contributed by atoms with Crippen molar-refractivity contribution in [1.82, 2.24) is 9.78 Å². The maximum absolute atomic E-state index is 12.2. The zero-order chi connectivity index (χ0) is 17.8. The number of amides is 1. The van der Waals surface area contributed by atoms with E-state index in [0.717, 1.165) is 0 Å². The van der Waals surface area contributed by atoms with Crippen molar-refractivity contribution in [3.63, 3.8) is 0 Å². The summed E-state index contributed by atoms with van der Waals surface area (Å²) in [7, 11) is 0. The number of carbonyl (C=O) groups is 1. The van der Waals surface area contributed by atoms with Crippen LogP contribution in [0.3, 0.4) is 0 Å². The molecular weight excluding hydrogens is 365 g/mol. The lowest BCUT2D eigenvalue weighted by molar-refractivity contribution is 0.102. The molecule has 0 aliphatic heterocycles. The van der Waals surface area contributed by atoms with Crippen LogP contribution in [0.15, 0.2) is 54.7 Å². The molecule has 2 N–H and O–H groups in total. The number of aromatic nitrogens is 2. The summed E-state index contributed by atoms with van der Waals surface area (Å²) in [5, 5.41) is 17.0. The molecule has 3 aromatic rings. The van der Waals surface area contributed by atoms with E-state index < -0.39 is 5.91 Å². The van der Waals surface area contributed by atoms with E-state index in [9.17, 15) is 9.90 Å². The standard InChI is InChI=1S/C17H13Cl2N3O3/c18-13-5-2-6-14(19)16(13)25-10-22-8-7-15(21-22)17(24)20-11-3-1-4-12(23)9-11/h1-9,23H,10H2,(H,20,24). The van der Waals surface area contributed by atoms with Gasteiger partial charge in [-0.3, -0.25) is 4.79 Å². The maximum Gasteiger partial charge on any atom is 0.276 e. The third kappa shape index (κ3) is 4.23. The van der Waals surface area contributed by atoms with E-state index in [1.165, 1.54) is 16.8 Å². The van der Waals surface area contributed by atoms with Crippen molar-refractivity contribution in [2.24, 2.45) is 0 Å². The lowest BCUT2D eigenvalue weighted by Gasteiger charge is -2.09. The largest absolute Gasteiger partial charge is 0.508 e. The van der Waals surface area contributed by atoms with Crippen molar-refractivity contribution < 1.29 is 14.6 Å². The van der Waals surface area contributed by atoms with Gasteiger partial charge in [-0.1, -0.05) is 35.3 Å². The van der Waals surface area contributed by atoms with E-state index in [-0.39, 0.29) is 18.2 Å². The second-order valence-electron chi connectivity index (χ2n) is 5.07. The van der Waals surface area contributed by atoms with Gasteiger partial charge in [-0.05, 0) is 30.3 Å². The van der Waals surface area contributed by atoms with Gasteiger partial charge in [0, 0.05) is 18.0 Å². The smallest absolute Gasteiger partial charge is 0.276 e. The highest BCUT2D eigenvalue weighted by molar-refractivity contribution is 6.37. The van der Waals surface area contributed by atoms with Crippen molar-refractivity contribution in [1.29, 1.82) is 0 Å². The van der Waals surface area contributed by atoms with Gasteiger partial charge in [-0.2, -0.15) is 5.10 Å². The number of carbonyl (C=O) groups excluding carboxylic acids is 1. The molecule has 0 bridgehead atoms. The Balaban J connectivity index is 1.65. The molecule has 0 fully saturated rings. The highest BCUT2D eigenvalue weighted by Crippen LogP contribution is 2.32. The van der Waals surface area contributed by atoms with Gasteiger partial charge in [-0.25, -0.2) is 4.68 Å².